The zero-order valence-corrected chi connectivity index (χ0v) is 18.7. The highest BCUT2D eigenvalue weighted by Crippen LogP contribution is 2.34. The van der Waals surface area contributed by atoms with Crippen LogP contribution < -0.4 is 5.32 Å². The lowest BCUT2D eigenvalue weighted by Gasteiger charge is -2.36. The van der Waals surface area contributed by atoms with Gasteiger partial charge in [0.1, 0.15) is 5.82 Å². The fourth-order valence-electron chi connectivity index (χ4n) is 6.26. The Bertz CT molecular complexity index is 790. The molecule has 3 aliphatic rings. The van der Waals surface area contributed by atoms with Crippen LogP contribution >= 0.6 is 0 Å². The predicted octanol–water partition coefficient (Wildman–Crippen LogP) is 5.50. The number of hydrogen-bond donors (Lipinski definition) is 1. The van der Waals surface area contributed by atoms with Crippen molar-refractivity contribution in [3.63, 3.8) is 0 Å². The summed E-state index contributed by atoms with van der Waals surface area (Å²) in [5.74, 6) is 2.86. The molecule has 1 aromatic heterocycles. The van der Waals surface area contributed by atoms with E-state index in [0.29, 0.717) is 12.0 Å². The number of imidazole rings is 1. The molecule has 2 aromatic rings. The van der Waals surface area contributed by atoms with Crippen LogP contribution in [0.3, 0.4) is 0 Å². The maximum absolute atomic E-state index is 5.15. The van der Waals surface area contributed by atoms with Gasteiger partial charge in [-0.2, -0.15) is 0 Å². The molecule has 1 aromatic carbocycles. The number of nitrogens with one attached hydrogen (secondary N) is 1. The number of aromatic nitrogens is 2. The number of nitrogens with zero attached hydrogens (tertiary/aromatic N) is 3. The zero-order valence-electron chi connectivity index (χ0n) is 18.7. The minimum atomic E-state index is 0.569. The second-order valence-corrected chi connectivity index (χ2v) is 10.1. The highest BCUT2D eigenvalue weighted by atomic mass is 15.2. The quantitative estimate of drug-likeness (QED) is 0.725. The summed E-state index contributed by atoms with van der Waals surface area (Å²) in [5.41, 5.74) is 2.55. The molecule has 2 saturated heterocycles. The molecule has 4 heteroatoms. The summed E-state index contributed by atoms with van der Waals surface area (Å²) in [4.78, 5) is 7.93. The standard InChI is InChI=1S/C26H40N4/c1-2-4-9-21(10-5-3-1)20-29-17-14-23(15-18-29)30-25-13-7-6-12-24(25)28-26(30)22-11-8-16-27-19-22/h6-7,12-13,21-23,27H,1-5,8-11,14-20H2. The van der Waals surface area contributed by atoms with Crippen LogP contribution in [0.2, 0.25) is 0 Å². The van der Waals surface area contributed by atoms with Crippen molar-refractivity contribution in [2.75, 3.05) is 32.7 Å². The third-order valence-corrected chi connectivity index (χ3v) is 7.95. The van der Waals surface area contributed by atoms with Crippen LogP contribution in [-0.2, 0) is 0 Å². The number of benzene rings is 1. The molecule has 3 fully saturated rings. The zero-order chi connectivity index (χ0) is 20.2. The molecule has 0 amide bonds. The first-order chi connectivity index (χ1) is 14.9. The van der Waals surface area contributed by atoms with Gasteiger partial charge in [0, 0.05) is 38.1 Å². The fraction of sp³-hybridized carbons (Fsp3) is 0.731. The van der Waals surface area contributed by atoms with E-state index in [1.54, 1.807) is 0 Å². The van der Waals surface area contributed by atoms with Crippen LogP contribution in [0.1, 0.15) is 88.4 Å². The number of fused-ring (bicyclic) bond motifs is 1. The molecule has 0 radical (unpaired) electrons. The molecule has 0 spiro atoms. The maximum atomic E-state index is 5.15. The molecule has 1 unspecified atom stereocenters. The fourth-order valence-corrected chi connectivity index (χ4v) is 6.26. The third-order valence-electron chi connectivity index (χ3n) is 7.95. The Morgan fingerprint density at radius 2 is 1.63 bits per heavy atom. The molecule has 1 N–H and O–H groups in total. The first-order valence-electron chi connectivity index (χ1n) is 12.8. The minimum Gasteiger partial charge on any atom is -0.324 e. The summed E-state index contributed by atoms with van der Waals surface area (Å²) in [5, 5.41) is 3.61. The molecule has 5 rings (SSSR count). The van der Waals surface area contributed by atoms with Gasteiger partial charge >= 0.3 is 0 Å². The van der Waals surface area contributed by atoms with Gasteiger partial charge in [0.15, 0.2) is 0 Å². The van der Waals surface area contributed by atoms with Crippen LogP contribution in [0.5, 0.6) is 0 Å². The van der Waals surface area contributed by atoms with Gasteiger partial charge in [0.25, 0.3) is 0 Å². The second-order valence-electron chi connectivity index (χ2n) is 10.1. The van der Waals surface area contributed by atoms with Crippen molar-refractivity contribution >= 4 is 11.0 Å². The Morgan fingerprint density at radius 3 is 2.40 bits per heavy atom. The summed E-state index contributed by atoms with van der Waals surface area (Å²) in [6.07, 6.45) is 15.3. The number of likely N-dealkylation sites (tertiary alicyclic amines) is 1. The summed E-state index contributed by atoms with van der Waals surface area (Å²) in [6.45, 7) is 6.11. The lowest BCUT2D eigenvalue weighted by Crippen LogP contribution is -2.38. The van der Waals surface area contributed by atoms with Crippen molar-refractivity contribution in [3.05, 3.63) is 30.1 Å². The van der Waals surface area contributed by atoms with E-state index in [2.05, 4.69) is 39.0 Å². The monoisotopic (exact) mass is 408 g/mol. The molecule has 164 valence electrons. The SMILES string of the molecule is c1ccc2c(c1)nc(C1CCCNC1)n2C1CCN(CC2CCCCCCC2)CC1. The van der Waals surface area contributed by atoms with E-state index >= 15 is 0 Å². The van der Waals surface area contributed by atoms with E-state index < -0.39 is 0 Å². The lowest BCUT2D eigenvalue weighted by atomic mass is 9.90. The average molecular weight is 409 g/mol. The molecule has 3 heterocycles. The number of piperidine rings is 2. The van der Waals surface area contributed by atoms with Crippen molar-refractivity contribution in [1.82, 2.24) is 19.8 Å². The van der Waals surface area contributed by atoms with Gasteiger partial charge in [0.05, 0.1) is 11.0 Å². The summed E-state index contributed by atoms with van der Waals surface area (Å²) < 4.78 is 2.65. The van der Waals surface area contributed by atoms with E-state index in [4.69, 9.17) is 4.98 Å². The maximum Gasteiger partial charge on any atom is 0.114 e. The molecular weight excluding hydrogens is 368 g/mol. The van der Waals surface area contributed by atoms with Crippen molar-refractivity contribution in [2.45, 2.75) is 82.6 Å². The second kappa shape index (κ2) is 9.82. The van der Waals surface area contributed by atoms with E-state index in [1.807, 2.05) is 0 Å². The smallest absolute Gasteiger partial charge is 0.114 e. The van der Waals surface area contributed by atoms with Crippen molar-refractivity contribution < 1.29 is 0 Å². The molecule has 0 bridgehead atoms. The van der Waals surface area contributed by atoms with E-state index in [9.17, 15) is 0 Å². The van der Waals surface area contributed by atoms with E-state index in [-0.39, 0.29) is 0 Å². The van der Waals surface area contributed by atoms with Crippen LogP contribution in [0.25, 0.3) is 11.0 Å². The van der Waals surface area contributed by atoms with Gasteiger partial charge in [0.2, 0.25) is 0 Å². The van der Waals surface area contributed by atoms with Gasteiger partial charge < -0.3 is 14.8 Å². The van der Waals surface area contributed by atoms with Crippen molar-refractivity contribution in [2.24, 2.45) is 5.92 Å². The Morgan fingerprint density at radius 1 is 0.867 bits per heavy atom. The topological polar surface area (TPSA) is 33.1 Å². The van der Waals surface area contributed by atoms with Crippen molar-refractivity contribution in [3.8, 4) is 0 Å². The Hall–Kier alpha value is -1.39. The Labute approximate surface area is 182 Å². The van der Waals surface area contributed by atoms with Gasteiger partial charge in [-0.15, -0.1) is 0 Å². The Balaban J connectivity index is 1.28. The highest BCUT2D eigenvalue weighted by molar-refractivity contribution is 5.76. The van der Waals surface area contributed by atoms with E-state index in [0.717, 1.165) is 19.0 Å². The summed E-state index contributed by atoms with van der Waals surface area (Å²) in [7, 11) is 0. The van der Waals surface area contributed by atoms with Gasteiger partial charge in [-0.1, -0.05) is 44.2 Å². The molecule has 4 nitrogen and oxygen atoms in total. The van der Waals surface area contributed by atoms with Crippen LogP contribution in [0, 0.1) is 5.92 Å². The summed E-state index contributed by atoms with van der Waals surface area (Å²) >= 11 is 0. The number of para-hydroxylation sites is 2. The number of rotatable bonds is 4. The van der Waals surface area contributed by atoms with Gasteiger partial charge in [-0.05, 0) is 63.1 Å². The van der Waals surface area contributed by atoms with Gasteiger partial charge in [-0.25, -0.2) is 4.98 Å². The molecule has 1 saturated carbocycles. The van der Waals surface area contributed by atoms with Crippen LogP contribution in [0.4, 0.5) is 0 Å². The molecule has 30 heavy (non-hydrogen) atoms. The normalized spacial score (nSPS) is 25.9. The first kappa shape index (κ1) is 20.5. The molecule has 1 aliphatic carbocycles. The Kier molecular flexibility index (Phi) is 6.72. The first-order valence-corrected chi connectivity index (χ1v) is 12.8. The highest BCUT2D eigenvalue weighted by Gasteiger charge is 2.29. The number of hydrogen-bond acceptors (Lipinski definition) is 3. The molecule has 1 atom stereocenters. The average Bonchev–Trinajstić information content (AvgIpc) is 3.16. The van der Waals surface area contributed by atoms with Gasteiger partial charge in [-0.3, -0.25) is 0 Å². The van der Waals surface area contributed by atoms with Crippen LogP contribution in [0.15, 0.2) is 24.3 Å². The predicted molar refractivity (Wildman–Crippen MR) is 125 cm³/mol. The van der Waals surface area contributed by atoms with Crippen LogP contribution in [-0.4, -0.2) is 47.2 Å². The summed E-state index contributed by atoms with van der Waals surface area (Å²) in [6, 6.07) is 9.44. The third kappa shape index (κ3) is 4.60. The molecule has 2 aliphatic heterocycles. The van der Waals surface area contributed by atoms with E-state index in [1.165, 1.54) is 107 Å². The minimum absolute atomic E-state index is 0.569. The van der Waals surface area contributed by atoms with Crippen molar-refractivity contribution in [1.29, 1.82) is 0 Å². The lowest BCUT2D eigenvalue weighted by molar-refractivity contribution is 0.151. The largest absolute Gasteiger partial charge is 0.324 e. The molecular formula is C26H40N4.